The van der Waals surface area contributed by atoms with Gasteiger partial charge in [-0.25, -0.2) is 0 Å². The number of nitrogens with zero attached hydrogens (tertiary/aromatic N) is 2. The largest absolute Gasteiger partial charge is 0.459 e. The van der Waals surface area contributed by atoms with Crippen molar-refractivity contribution in [3.63, 3.8) is 0 Å². The number of carbonyl (C=O) groups is 1. The molecule has 1 atom stereocenters. The van der Waals surface area contributed by atoms with Crippen molar-refractivity contribution in [2.24, 2.45) is 0 Å². The average Bonchev–Trinajstić information content (AvgIpc) is 3.41. The van der Waals surface area contributed by atoms with Gasteiger partial charge in [0.15, 0.2) is 5.76 Å². The summed E-state index contributed by atoms with van der Waals surface area (Å²) in [5, 5.41) is 11.2. The zero-order valence-electron chi connectivity index (χ0n) is 15.3. The molecule has 0 aliphatic rings. The molecule has 1 amide bonds. The number of benzene rings is 2. The van der Waals surface area contributed by atoms with Gasteiger partial charge in [0.2, 0.25) is 5.91 Å². The first kappa shape index (κ1) is 19.3. The molecule has 0 bridgehead atoms. The smallest absolute Gasteiger partial charge is 0.284 e. The topological polar surface area (TPSA) is 81.2 Å². The molecular formula is C21H16ClN3O3S. The number of aryl methyl sites for hydroxylation is 1. The quantitative estimate of drug-likeness (QED) is 0.395. The van der Waals surface area contributed by atoms with Crippen molar-refractivity contribution in [1.82, 2.24) is 10.2 Å². The lowest BCUT2D eigenvalue weighted by Crippen LogP contribution is -2.19. The number of hydrogen-bond donors (Lipinski definition) is 1. The fraction of sp³-hybridized carbons (Fsp3) is 0.0952. The standard InChI is InChI=1S/C21H16ClN3O3S/c1-13-9-10-15(12-16(13)22)23-19(26)18(14-6-3-2-4-7-14)29-21-25-24-20(28-21)17-8-5-11-27-17/h2-12,18H,1H3,(H,23,26)/t18-/m1/s1. The van der Waals surface area contributed by atoms with E-state index in [9.17, 15) is 4.79 Å². The van der Waals surface area contributed by atoms with Crippen molar-refractivity contribution < 1.29 is 13.6 Å². The molecule has 146 valence electrons. The molecule has 0 saturated carbocycles. The summed E-state index contributed by atoms with van der Waals surface area (Å²) in [4.78, 5) is 13.1. The van der Waals surface area contributed by atoms with E-state index in [1.165, 1.54) is 18.0 Å². The number of halogens is 1. The summed E-state index contributed by atoms with van der Waals surface area (Å²) in [6.07, 6.45) is 1.53. The van der Waals surface area contributed by atoms with Crippen LogP contribution in [0.2, 0.25) is 5.02 Å². The van der Waals surface area contributed by atoms with Gasteiger partial charge in [-0.2, -0.15) is 0 Å². The Morgan fingerprint density at radius 2 is 1.93 bits per heavy atom. The Morgan fingerprint density at radius 1 is 1.10 bits per heavy atom. The van der Waals surface area contributed by atoms with E-state index < -0.39 is 5.25 Å². The lowest BCUT2D eigenvalue weighted by atomic mass is 10.1. The second kappa shape index (κ2) is 8.55. The monoisotopic (exact) mass is 425 g/mol. The number of rotatable bonds is 6. The average molecular weight is 426 g/mol. The van der Waals surface area contributed by atoms with Gasteiger partial charge in [0, 0.05) is 10.7 Å². The van der Waals surface area contributed by atoms with E-state index in [0.717, 1.165) is 11.1 Å². The van der Waals surface area contributed by atoms with Gasteiger partial charge in [-0.3, -0.25) is 4.79 Å². The Hall–Kier alpha value is -3.03. The minimum atomic E-state index is -0.596. The highest BCUT2D eigenvalue weighted by Gasteiger charge is 2.25. The highest BCUT2D eigenvalue weighted by Crippen LogP contribution is 2.37. The molecule has 0 saturated heterocycles. The van der Waals surface area contributed by atoms with Crippen molar-refractivity contribution >= 4 is 35.0 Å². The van der Waals surface area contributed by atoms with Crippen LogP contribution in [-0.2, 0) is 4.79 Å². The molecule has 6 nitrogen and oxygen atoms in total. The van der Waals surface area contributed by atoms with Crippen LogP contribution in [0, 0.1) is 6.92 Å². The molecule has 0 unspecified atom stereocenters. The third-order valence-corrected chi connectivity index (χ3v) is 5.63. The van der Waals surface area contributed by atoms with Crippen LogP contribution in [-0.4, -0.2) is 16.1 Å². The van der Waals surface area contributed by atoms with Gasteiger partial charge in [0.1, 0.15) is 5.25 Å². The third kappa shape index (κ3) is 4.52. The first-order valence-electron chi connectivity index (χ1n) is 8.76. The zero-order valence-corrected chi connectivity index (χ0v) is 16.9. The maximum absolute atomic E-state index is 13.1. The highest BCUT2D eigenvalue weighted by atomic mass is 35.5. The van der Waals surface area contributed by atoms with Gasteiger partial charge < -0.3 is 14.2 Å². The molecule has 0 aliphatic carbocycles. The molecule has 2 aromatic heterocycles. The summed E-state index contributed by atoms with van der Waals surface area (Å²) in [6, 6.07) is 18.3. The second-order valence-corrected chi connectivity index (χ2v) is 7.68. The Kier molecular flexibility index (Phi) is 5.69. The predicted molar refractivity (Wildman–Crippen MR) is 112 cm³/mol. The van der Waals surface area contributed by atoms with Crippen LogP contribution >= 0.6 is 23.4 Å². The van der Waals surface area contributed by atoms with Gasteiger partial charge in [0.05, 0.1) is 6.26 Å². The molecule has 4 aromatic rings. The van der Waals surface area contributed by atoms with Crippen molar-refractivity contribution in [3.8, 4) is 11.7 Å². The van der Waals surface area contributed by atoms with E-state index in [2.05, 4.69) is 15.5 Å². The van der Waals surface area contributed by atoms with Crippen LogP contribution in [0.1, 0.15) is 16.4 Å². The minimum absolute atomic E-state index is 0.223. The number of furan rings is 1. The molecule has 0 fully saturated rings. The molecule has 8 heteroatoms. The van der Waals surface area contributed by atoms with E-state index in [0.29, 0.717) is 16.5 Å². The summed E-state index contributed by atoms with van der Waals surface area (Å²) in [5.41, 5.74) is 2.37. The fourth-order valence-corrected chi connectivity index (χ4v) is 3.69. The van der Waals surface area contributed by atoms with Crippen LogP contribution in [0.25, 0.3) is 11.7 Å². The van der Waals surface area contributed by atoms with Gasteiger partial charge in [-0.1, -0.05) is 48.0 Å². The maximum Gasteiger partial charge on any atom is 0.284 e. The van der Waals surface area contributed by atoms with Crippen LogP contribution in [0.4, 0.5) is 5.69 Å². The predicted octanol–water partition coefficient (Wildman–Crippen LogP) is 5.76. The maximum atomic E-state index is 13.1. The van der Waals surface area contributed by atoms with Crippen molar-refractivity contribution in [3.05, 3.63) is 83.1 Å². The van der Waals surface area contributed by atoms with Gasteiger partial charge in [0.25, 0.3) is 11.1 Å². The fourth-order valence-electron chi connectivity index (χ4n) is 2.64. The summed E-state index contributed by atoms with van der Waals surface area (Å²) in [6.45, 7) is 1.91. The SMILES string of the molecule is Cc1ccc(NC(=O)[C@H](Sc2nnc(-c3ccco3)o2)c2ccccc2)cc1Cl. The lowest BCUT2D eigenvalue weighted by Gasteiger charge is -2.15. The number of nitrogens with one attached hydrogen (secondary N) is 1. The van der Waals surface area contributed by atoms with E-state index in [1.54, 1.807) is 18.2 Å². The normalized spacial score (nSPS) is 11.9. The summed E-state index contributed by atoms with van der Waals surface area (Å²) >= 11 is 7.34. The number of aromatic nitrogens is 2. The molecular weight excluding hydrogens is 410 g/mol. The molecule has 2 heterocycles. The number of carbonyl (C=O) groups excluding carboxylic acids is 1. The van der Waals surface area contributed by atoms with Crippen molar-refractivity contribution in [1.29, 1.82) is 0 Å². The molecule has 1 N–H and O–H groups in total. The van der Waals surface area contributed by atoms with Gasteiger partial charge >= 0.3 is 0 Å². The first-order chi connectivity index (χ1) is 14.1. The number of hydrogen-bond acceptors (Lipinski definition) is 6. The Morgan fingerprint density at radius 3 is 2.66 bits per heavy atom. The molecule has 0 spiro atoms. The first-order valence-corrected chi connectivity index (χ1v) is 10.0. The summed E-state index contributed by atoms with van der Waals surface area (Å²) < 4.78 is 10.9. The van der Waals surface area contributed by atoms with Crippen molar-refractivity contribution in [2.45, 2.75) is 17.4 Å². The number of anilines is 1. The number of thioether (sulfide) groups is 1. The summed E-state index contributed by atoms with van der Waals surface area (Å²) in [5.74, 6) is 0.508. The zero-order chi connectivity index (χ0) is 20.2. The third-order valence-electron chi connectivity index (χ3n) is 4.14. The Bertz CT molecular complexity index is 1110. The van der Waals surface area contributed by atoms with Crippen LogP contribution in [0.15, 0.2) is 81.0 Å². The van der Waals surface area contributed by atoms with Gasteiger partial charge in [-0.15, -0.1) is 10.2 Å². The molecule has 2 aromatic carbocycles. The van der Waals surface area contributed by atoms with E-state index in [4.69, 9.17) is 20.4 Å². The molecule has 0 aliphatic heterocycles. The van der Waals surface area contributed by atoms with Crippen LogP contribution < -0.4 is 5.32 Å². The van der Waals surface area contributed by atoms with E-state index in [1.807, 2.05) is 49.4 Å². The van der Waals surface area contributed by atoms with E-state index >= 15 is 0 Å². The Labute approximate surface area is 176 Å². The summed E-state index contributed by atoms with van der Waals surface area (Å²) in [7, 11) is 0. The second-order valence-electron chi connectivity index (χ2n) is 6.21. The van der Waals surface area contributed by atoms with Gasteiger partial charge in [-0.05, 0) is 54.1 Å². The van der Waals surface area contributed by atoms with E-state index in [-0.39, 0.29) is 17.0 Å². The number of amides is 1. The molecule has 4 rings (SSSR count). The molecule has 29 heavy (non-hydrogen) atoms. The van der Waals surface area contributed by atoms with Crippen molar-refractivity contribution in [2.75, 3.05) is 5.32 Å². The molecule has 0 radical (unpaired) electrons. The van der Waals surface area contributed by atoms with Crippen LogP contribution in [0.5, 0.6) is 0 Å². The highest BCUT2D eigenvalue weighted by molar-refractivity contribution is 8.00. The minimum Gasteiger partial charge on any atom is -0.459 e. The lowest BCUT2D eigenvalue weighted by molar-refractivity contribution is -0.115. The Balaban J connectivity index is 1.58. The van der Waals surface area contributed by atoms with Crippen LogP contribution in [0.3, 0.4) is 0 Å².